The molecule has 0 aromatic rings. The lowest BCUT2D eigenvalue weighted by Crippen LogP contribution is -2.34. The van der Waals surface area contributed by atoms with Gasteiger partial charge >= 0.3 is 0 Å². The number of allylic oxidation sites excluding steroid dienone is 6. The lowest BCUT2D eigenvalue weighted by Gasteiger charge is -2.38. The van der Waals surface area contributed by atoms with Gasteiger partial charge in [-0.05, 0) is 61.7 Å². The number of fused-ring (bicyclic) bond motifs is 1. The molecule has 3 heteroatoms. The summed E-state index contributed by atoms with van der Waals surface area (Å²) in [5.74, 6) is 0.612. The zero-order chi connectivity index (χ0) is 16.2. The van der Waals surface area contributed by atoms with Crippen LogP contribution in [0.1, 0.15) is 57.8 Å². The van der Waals surface area contributed by atoms with Gasteiger partial charge in [-0.3, -0.25) is 0 Å². The van der Waals surface area contributed by atoms with E-state index in [0.717, 1.165) is 24.8 Å². The molecule has 1 fully saturated rings. The molecule has 1 saturated carbocycles. The average Bonchev–Trinajstić information content (AvgIpc) is 2.62. The van der Waals surface area contributed by atoms with E-state index in [1.807, 2.05) is 12.1 Å². The zero-order valence-electron chi connectivity index (χ0n) is 14.0. The van der Waals surface area contributed by atoms with Gasteiger partial charge in [0.25, 0.3) is 0 Å². The first-order valence-electron chi connectivity index (χ1n) is 8.91. The van der Waals surface area contributed by atoms with Crippen LogP contribution in [0.3, 0.4) is 0 Å². The molecule has 0 bridgehead atoms. The molecule has 3 aliphatic rings. The Hall–Kier alpha value is -2.00. The van der Waals surface area contributed by atoms with Crippen molar-refractivity contribution in [3.05, 3.63) is 34.6 Å². The molecule has 0 aliphatic heterocycles. The highest BCUT2D eigenvalue weighted by Crippen LogP contribution is 2.39. The van der Waals surface area contributed by atoms with Crippen molar-refractivity contribution in [3.8, 4) is 12.1 Å². The van der Waals surface area contributed by atoms with Crippen LogP contribution in [0.15, 0.2) is 34.6 Å². The van der Waals surface area contributed by atoms with Crippen LogP contribution in [0, 0.1) is 28.6 Å². The molecule has 1 atom stereocenters. The van der Waals surface area contributed by atoms with Gasteiger partial charge in [0.05, 0.1) is 0 Å². The van der Waals surface area contributed by atoms with Gasteiger partial charge in [0, 0.05) is 18.8 Å². The molecule has 0 N–H and O–H groups in total. The molecule has 0 aromatic heterocycles. The minimum atomic E-state index is 0.289. The van der Waals surface area contributed by atoms with E-state index in [0.29, 0.717) is 12.0 Å². The van der Waals surface area contributed by atoms with Crippen molar-refractivity contribution >= 4 is 0 Å². The second kappa shape index (κ2) is 7.05. The van der Waals surface area contributed by atoms with Crippen LogP contribution in [-0.4, -0.2) is 18.0 Å². The highest BCUT2D eigenvalue weighted by Gasteiger charge is 2.27. The molecule has 3 aliphatic carbocycles. The van der Waals surface area contributed by atoms with Gasteiger partial charge in [0.2, 0.25) is 0 Å². The lowest BCUT2D eigenvalue weighted by atomic mass is 9.77. The predicted octanol–water partition coefficient (Wildman–Crippen LogP) is 4.61. The van der Waals surface area contributed by atoms with Gasteiger partial charge in [-0.25, -0.2) is 0 Å². The van der Waals surface area contributed by atoms with Crippen molar-refractivity contribution in [2.45, 2.75) is 63.8 Å². The third-order valence-corrected chi connectivity index (χ3v) is 5.78. The quantitative estimate of drug-likeness (QED) is 0.700. The van der Waals surface area contributed by atoms with Crippen molar-refractivity contribution in [3.63, 3.8) is 0 Å². The van der Waals surface area contributed by atoms with E-state index in [1.165, 1.54) is 49.8 Å². The first kappa shape index (κ1) is 15.9. The van der Waals surface area contributed by atoms with Crippen LogP contribution in [0.4, 0.5) is 0 Å². The number of hydrogen-bond donors (Lipinski definition) is 0. The third-order valence-electron chi connectivity index (χ3n) is 5.78. The van der Waals surface area contributed by atoms with Crippen molar-refractivity contribution < 1.29 is 0 Å². The Morgan fingerprint density at radius 1 is 1.00 bits per heavy atom. The van der Waals surface area contributed by atoms with E-state index in [4.69, 9.17) is 10.5 Å². The smallest absolute Gasteiger partial charge is 0.132 e. The fourth-order valence-corrected chi connectivity index (χ4v) is 4.29. The Morgan fingerprint density at radius 3 is 2.39 bits per heavy atom. The SMILES string of the molecule is CN(C1=CC2=CC(=C(C#N)C#N)CC[C@H]2CC1)C1CCCCC1. The Morgan fingerprint density at radius 2 is 1.70 bits per heavy atom. The molecule has 3 rings (SSSR count). The number of hydrogen-bond acceptors (Lipinski definition) is 3. The van der Waals surface area contributed by atoms with E-state index in [-0.39, 0.29) is 5.57 Å². The third kappa shape index (κ3) is 3.35. The minimum absolute atomic E-state index is 0.289. The molecule has 23 heavy (non-hydrogen) atoms. The van der Waals surface area contributed by atoms with Crippen molar-refractivity contribution in [2.75, 3.05) is 7.05 Å². The molecule has 0 unspecified atom stereocenters. The first-order chi connectivity index (χ1) is 11.2. The summed E-state index contributed by atoms with van der Waals surface area (Å²) in [7, 11) is 2.25. The van der Waals surface area contributed by atoms with E-state index < -0.39 is 0 Å². The van der Waals surface area contributed by atoms with Crippen LogP contribution in [0.2, 0.25) is 0 Å². The van der Waals surface area contributed by atoms with Gasteiger partial charge in [-0.1, -0.05) is 25.3 Å². The average molecular weight is 307 g/mol. The topological polar surface area (TPSA) is 50.8 Å². The molecule has 120 valence electrons. The predicted molar refractivity (Wildman–Crippen MR) is 91.0 cm³/mol. The van der Waals surface area contributed by atoms with Crippen LogP contribution in [0.25, 0.3) is 0 Å². The van der Waals surface area contributed by atoms with Gasteiger partial charge in [0.15, 0.2) is 0 Å². The molecule has 3 nitrogen and oxygen atoms in total. The summed E-state index contributed by atoms with van der Waals surface area (Å²) in [5.41, 5.74) is 3.99. The highest BCUT2D eigenvalue weighted by molar-refractivity contribution is 5.49. The molecule has 0 spiro atoms. The van der Waals surface area contributed by atoms with Crippen LogP contribution in [0.5, 0.6) is 0 Å². The normalized spacial score (nSPS) is 24.7. The van der Waals surface area contributed by atoms with Crippen LogP contribution < -0.4 is 0 Å². The second-order valence-corrected chi connectivity index (χ2v) is 7.08. The standard InChI is InChI=1S/C20H25N3/c1-23(19-5-3-2-4-6-19)20-10-9-15-7-8-16(11-17(15)12-20)18(13-21)14-22/h11-12,15,19H,2-10H2,1H3/t15-/m0/s1. The Balaban J connectivity index is 1.84. The monoisotopic (exact) mass is 307 g/mol. The van der Waals surface area contributed by atoms with Crippen molar-refractivity contribution in [1.29, 1.82) is 10.5 Å². The maximum atomic E-state index is 9.10. The molecular weight excluding hydrogens is 282 g/mol. The fraction of sp³-hybridized carbons (Fsp3) is 0.600. The molecular formula is C20H25N3. The molecule has 0 radical (unpaired) electrons. The van der Waals surface area contributed by atoms with Gasteiger partial charge in [-0.15, -0.1) is 0 Å². The zero-order valence-corrected chi connectivity index (χ0v) is 14.0. The lowest BCUT2D eigenvalue weighted by molar-refractivity contribution is 0.224. The van der Waals surface area contributed by atoms with Crippen LogP contribution in [-0.2, 0) is 0 Å². The van der Waals surface area contributed by atoms with E-state index in [2.05, 4.69) is 24.1 Å². The summed E-state index contributed by atoms with van der Waals surface area (Å²) in [6.45, 7) is 0. The fourth-order valence-electron chi connectivity index (χ4n) is 4.29. The molecule has 0 aromatic carbocycles. The molecule has 0 amide bonds. The molecule has 0 heterocycles. The Labute approximate surface area is 139 Å². The summed E-state index contributed by atoms with van der Waals surface area (Å²) < 4.78 is 0. The summed E-state index contributed by atoms with van der Waals surface area (Å²) in [6.07, 6.45) is 15.5. The van der Waals surface area contributed by atoms with E-state index >= 15 is 0 Å². The van der Waals surface area contributed by atoms with Crippen molar-refractivity contribution in [2.24, 2.45) is 5.92 Å². The Kier molecular flexibility index (Phi) is 4.87. The summed E-state index contributed by atoms with van der Waals surface area (Å²) in [4.78, 5) is 2.50. The maximum absolute atomic E-state index is 9.10. The number of rotatable bonds is 2. The maximum Gasteiger partial charge on any atom is 0.132 e. The largest absolute Gasteiger partial charge is 0.375 e. The minimum Gasteiger partial charge on any atom is -0.375 e. The van der Waals surface area contributed by atoms with Gasteiger partial charge in [0.1, 0.15) is 17.7 Å². The first-order valence-corrected chi connectivity index (χ1v) is 8.91. The van der Waals surface area contributed by atoms with E-state index in [1.54, 1.807) is 0 Å². The van der Waals surface area contributed by atoms with E-state index in [9.17, 15) is 0 Å². The van der Waals surface area contributed by atoms with Crippen molar-refractivity contribution in [1.82, 2.24) is 4.90 Å². The second-order valence-electron chi connectivity index (χ2n) is 7.08. The van der Waals surface area contributed by atoms with Gasteiger partial charge in [-0.2, -0.15) is 10.5 Å². The summed E-state index contributed by atoms with van der Waals surface area (Å²) in [5, 5.41) is 18.2. The summed E-state index contributed by atoms with van der Waals surface area (Å²) >= 11 is 0. The van der Waals surface area contributed by atoms with Gasteiger partial charge < -0.3 is 4.90 Å². The van der Waals surface area contributed by atoms with Crippen LogP contribution >= 0.6 is 0 Å². The summed E-state index contributed by atoms with van der Waals surface area (Å²) in [6, 6.07) is 4.78. The molecule has 0 saturated heterocycles. The number of nitriles is 2. The Bertz CT molecular complexity index is 617. The highest BCUT2D eigenvalue weighted by atomic mass is 15.1. The number of nitrogens with zero attached hydrogens (tertiary/aromatic N) is 3.